The summed E-state index contributed by atoms with van der Waals surface area (Å²) in [5.74, 6) is -0.293. The molecule has 0 aliphatic heterocycles. The van der Waals surface area contributed by atoms with Crippen LogP contribution in [0, 0.1) is 5.82 Å². The van der Waals surface area contributed by atoms with E-state index in [0.717, 1.165) is 25.7 Å². The van der Waals surface area contributed by atoms with Crippen molar-refractivity contribution in [3.8, 4) is 0 Å². The highest BCUT2D eigenvalue weighted by Crippen LogP contribution is 2.19. The number of nitrogens with one attached hydrogen (secondary N) is 1. The van der Waals surface area contributed by atoms with Crippen LogP contribution in [-0.4, -0.2) is 17.3 Å². The highest BCUT2D eigenvalue weighted by Gasteiger charge is 2.21. The summed E-state index contributed by atoms with van der Waals surface area (Å²) >= 11 is 5.71. The van der Waals surface area contributed by atoms with Crippen molar-refractivity contribution in [1.82, 2.24) is 5.32 Å². The zero-order valence-corrected chi connectivity index (χ0v) is 11.1. The number of hydrogen-bond acceptors (Lipinski definition) is 2. The molecule has 0 aromatic heterocycles. The zero-order valence-electron chi connectivity index (χ0n) is 10.3. The fraction of sp³-hybridized carbons (Fsp3) is 0.571. The van der Waals surface area contributed by atoms with Crippen LogP contribution >= 0.6 is 11.6 Å². The molecule has 18 heavy (non-hydrogen) atoms. The van der Waals surface area contributed by atoms with Crippen molar-refractivity contribution in [2.45, 2.75) is 50.8 Å². The Morgan fingerprint density at radius 2 is 2.06 bits per heavy atom. The van der Waals surface area contributed by atoms with Crippen molar-refractivity contribution in [3.63, 3.8) is 0 Å². The Kier molecular flexibility index (Phi) is 4.98. The predicted octanol–water partition coefficient (Wildman–Crippen LogP) is 3.26. The van der Waals surface area contributed by atoms with Gasteiger partial charge in [-0.15, -0.1) is 0 Å². The summed E-state index contributed by atoms with van der Waals surface area (Å²) in [7, 11) is 0. The summed E-state index contributed by atoms with van der Waals surface area (Å²) in [4.78, 5) is 0. The molecule has 1 saturated carbocycles. The molecular formula is C14H19ClFNO. The van der Waals surface area contributed by atoms with E-state index >= 15 is 0 Å². The quantitative estimate of drug-likeness (QED) is 0.827. The molecule has 4 heteroatoms. The zero-order chi connectivity index (χ0) is 13.0. The third-order valence-electron chi connectivity index (χ3n) is 3.55. The van der Waals surface area contributed by atoms with Gasteiger partial charge in [0.25, 0.3) is 0 Å². The molecule has 0 bridgehead atoms. The van der Waals surface area contributed by atoms with Gasteiger partial charge in [-0.2, -0.15) is 0 Å². The summed E-state index contributed by atoms with van der Waals surface area (Å²) in [5, 5.41) is 13.6. The Hall–Kier alpha value is -0.640. The minimum Gasteiger partial charge on any atom is -0.392 e. The Balaban J connectivity index is 1.93. The first kappa shape index (κ1) is 13.8. The lowest BCUT2D eigenvalue weighted by Gasteiger charge is -2.22. The SMILES string of the molecule is OC1CCCCCC1NCc1ccc(Cl)cc1F. The summed E-state index contributed by atoms with van der Waals surface area (Å²) in [6, 6.07) is 4.77. The predicted molar refractivity (Wildman–Crippen MR) is 71.1 cm³/mol. The van der Waals surface area contributed by atoms with E-state index in [1.54, 1.807) is 12.1 Å². The summed E-state index contributed by atoms with van der Waals surface area (Å²) in [6.07, 6.45) is 4.84. The van der Waals surface area contributed by atoms with Crippen LogP contribution in [0.1, 0.15) is 37.7 Å². The summed E-state index contributed by atoms with van der Waals surface area (Å²) in [6.45, 7) is 0.435. The minimum absolute atomic E-state index is 0.0718. The van der Waals surface area contributed by atoms with Gasteiger partial charge in [-0.1, -0.05) is 36.9 Å². The van der Waals surface area contributed by atoms with Crippen molar-refractivity contribution in [2.24, 2.45) is 0 Å². The van der Waals surface area contributed by atoms with Gasteiger partial charge >= 0.3 is 0 Å². The van der Waals surface area contributed by atoms with Crippen LogP contribution in [0.2, 0.25) is 5.02 Å². The Morgan fingerprint density at radius 1 is 1.28 bits per heavy atom. The van der Waals surface area contributed by atoms with Gasteiger partial charge in [0.15, 0.2) is 0 Å². The van der Waals surface area contributed by atoms with E-state index in [9.17, 15) is 9.50 Å². The molecule has 0 radical (unpaired) electrons. The summed E-state index contributed by atoms with van der Waals surface area (Å²) in [5.41, 5.74) is 0.593. The fourth-order valence-corrected chi connectivity index (χ4v) is 2.59. The molecule has 1 aliphatic carbocycles. The molecule has 2 atom stereocenters. The number of aliphatic hydroxyl groups is 1. The van der Waals surface area contributed by atoms with Gasteiger partial charge in [0.05, 0.1) is 6.10 Å². The number of aliphatic hydroxyl groups excluding tert-OH is 1. The summed E-state index contributed by atoms with van der Waals surface area (Å²) < 4.78 is 13.6. The lowest BCUT2D eigenvalue weighted by atomic mass is 10.1. The average molecular weight is 272 g/mol. The van der Waals surface area contributed by atoms with E-state index in [0.29, 0.717) is 17.1 Å². The van der Waals surface area contributed by atoms with Gasteiger partial charge in [0.2, 0.25) is 0 Å². The van der Waals surface area contributed by atoms with Crippen LogP contribution in [0.25, 0.3) is 0 Å². The van der Waals surface area contributed by atoms with Crippen LogP contribution in [-0.2, 0) is 6.54 Å². The maximum Gasteiger partial charge on any atom is 0.129 e. The first-order valence-corrected chi connectivity index (χ1v) is 6.90. The van der Waals surface area contributed by atoms with Crippen molar-refractivity contribution in [2.75, 3.05) is 0 Å². The number of rotatable bonds is 3. The van der Waals surface area contributed by atoms with Crippen LogP contribution in [0.5, 0.6) is 0 Å². The number of hydrogen-bond donors (Lipinski definition) is 2. The van der Waals surface area contributed by atoms with Gasteiger partial charge in [0, 0.05) is 23.2 Å². The molecular weight excluding hydrogens is 253 g/mol. The molecule has 100 valence electrons. The maximum atomic E-state index is 13.6. The third-order valence-corrected chi connectivity index (χ3v) is 3.78. The first-order chi connectivity index (χ1) is 8.66. The van der Waals surface area contributed by atoms with Crippen LogP contribution < -0.4 is 5.32 Å². The molecule has 0 spiro atoms. The molecule has 1 aromatic rings. The van der Waals surface area contributed by atoms with E-state index in [4.69, 9.17) is 11.6 Å². The van der Waals surface area contributed by atoms with E-state index in [-0.39, 0.29) is 18.0 Å². The second kappa shape index (κ2) is 6.50. The van der Waals surface area contributed by atoms with Crippen molar-refractivity contribution in [1.29, 1.82) is 0 Å². The molecule has 0 amide bonds. The number of halogens is 2. The van der Waals surface area contributed by atoms with Gasteiger partial charge < -0.3 is 10.4 Å². The van der Waals surface area contributed by atoms with Crippen LogP contribution in [0.4, 0.5) is 4.39 Å². The molecule has 0 heterocycles. The van der Waals surface area contributed by atoms with Gasteiger partial charge in [-0.3, -0.25) is 0 Å². The first-order valence-electron chi connectivity index (χ1n) is 6.52. The molecule has 1 fully saturated rings. The second-order valence-electron chi connectivity index (χ2n) is 4.93. The molecule has 0 saturated heterocycles. The van der Waals surface area contributed by atoms with E-state index in [2.05, 4.69) is 5.32 Å². The molecule has 2 rings (SSSR count). The Labute approximate surface area is 112 Å². The monoisotopic (exact) mass is 271 g/mol. The maximum absolute atomic E-state index is 13.6. The lowest BCUT2D eigenvalue weighted by Crippen LogP contribution is -2.38. The topological polar surface area (TPSA) is 32.3 Å². The molecule has 1 aliphatic rings. The van der Waals surface area contributed by atoms with Gasteiger partial charge in [-0.05, 0) is 25.0 Å². The van der Waals surface area contributed by atoms with Gasteiger partial charge in [0.1, 0.15) is 5.82 Å². The Bertz CT molecular complexity index is 399. The molecule has 1 aromatic carbocycles. The Morgan fingerprint density at radius 3 is 2.83 bits per heavy atom. The van der Waals surface area contributed by atoms with Crippen molar-refractivity contribution >= 4 is 11.6 Å². The minimum atomic E-state index is -0.317. The molecule has 2 unspecified atom stereocenters. The average Bonchev–Trinajstić information content (AvgIpc) is 2.53. The van der Waals surface area contributed by atoms with E-state index in [1.165, 1.54) is 12.5 Å². The third kappa shape index (κ3) is 3.67. The van der Waals surface area contributed by atoms with E-state index in [1.807, 2.05) is 0 Å². The highest BCUT2D eigenvalue weighted by atomic mass is 35.5. The van der Waals surface area contributed by atoms with Crippen molar-refractivity contribution in [3.05, 3.63) is 34.6 Å². The van der Waals surface area contributed by atoms with Crippen molar-refractivity contribution < 1.29 is 9.50 Å². The standard InChI is InChI=1S/C14H19ClFNO/c15-11-7-6-10(12(16)8-11)9-17-13-4-2-1-3-5-14(13)18/h6-8,13-14,17-18H,1-5,9H2. The largest absolute Gasteiger partial charge is 0.392 e. The molecule has 2 N–H and O–H groups in total. The van der Waals surface area contributed by atoms with E-state index < -0.39 is 0 Å². The molecule has 2 nitrogen and oxygen atoms in total. The normalized spacial score (nSPS) is 24.8. The smallest absolute Gasteiger partial charge is 0.129 e. The number of benzene rings is 1. The van der Waals surface area contributed by atoms with Gasteiger partial charge in [-0.25, -0.2) is 4.39 Å². The second-order valence-corrected chi connectivity index (χ2v) is 5.36. The fourth-order valence-electron chi connectivity index (χ4n) is 2.43. The van der Waals surface area contributed by atoms with Crippen LogP contribution in [0.15, 0.2) is 18.2 Å². The lowest BCUT2D eigenvalue weighted by molar-refractivity contribution is 0.119. The van der Waals surface area contributed by atoms with Crippen LogP contribution in [0.3, 0.4) is 0 Å². The highest BCUT2D eigenvalue weighted by molar-refractivity contribution is 6.30.